The van der Waals surface area contributed by atoms with Crippen LogP contribution in [0.3, 0.4) is 0 Å². The van der Waals surface area contributed by atoms with Crippen LogP contribution in [0.5, 0.6) is 0 Å². The van der Waals surface area contributed by atoms with Crippen LogP contribution in [0.15, 0.2) is 66.9 Å². The summed E-state index contributed by atoms with van der Waals surface area (Å²) in [5.41, 5.74) is 0.926. The SMILES string of the molecule is Cc1cccnc1N1C(=O)CCC1C(=O)N(c1cccc(F)c1)C(C(=O)NC1CC(F)(F)C1)c1ccccc1Cl. The molecule has 1 N–H and O–H groups in total. The van der Waals surface area contributed by atoms with Crippen molar-refractivity contribution in [1.29, 1.82) is 0 Å². The molecule has 3 amide bonds. The highest BCUT2D eigenvalue weighted by atomic mass is 35.5. The lowest BCUT2D eigenvalue weighted by molar-refractivity contribution is -0.133. The van der Waals surface area contributed by atoms with E-state index >= 15 is 0 Å². The predicted molar refractivity (Wildman–Crippen MR) is 144 cm³/mol. The topological polar surface area (TPSA) is 82.6 Å². The van der Waals surface area contributed by atoms with Crippen molar-refractivity contribution in [3.63, 3.8) is 0 Å². The van der Waals surface area contributed by atoms with Crippen LogP contribution in [0.1, 0.15) is 42.9 Å². The Balaban J connectivity index is 1.61. The van der Waals surface area contributed by atoms with Gasteiger partial charge in [0, 0.05) is 47.8 Å². The van der Waals surface area contributed by atoms with Crippen LogP contribution in [0.4, 0.5) is 24.7 Å². The van der Waals surface area contributed by atoms with E-state index in [1.807, 2.05) is 0 Å². The Labute approximate surface area is 233 Å². The van der Waals surface area contributed by atoms with Crippen molar-refractivity contribution in [2.45, 2.75) is 56.7 Å². The number of carbonyl (C=O) groups is 3. The van der Waals surface area contributed by atoms with Crippen molar-refractivity contribution in [1.82, 2.24) is 10.3 Å². The van der Waals surface area contributed by atoms with E-state index in [0.717, 1.165) is 11.0 Å². The molecule has 2 fully saturated rings. The number of alkyl halides is 2. The highest BCUT2D eigenvalue weighted by Gasteiger charge is 2.48. The molecule has 1 saturated heterocycles. The largest absolute Gasteiger partial charge is 0.351 e. The lowest BCUT2D eigenvalue weighted by Crippen LogP contribution is -2.56. The summed E-state index contributed by atoms with van der Waals surface area (Å²) in [7, 11) is 0. The molecule has 11 heteroatoms. The molecule has 7 nitrogen and oxygen atoms in total. The van der Waals surface area contributed by atoms with Crippen LogP contribution in [0, 0.1) is 12.7 Å². The highest BCUT2D eigenvalue weighted by Crippen LogP contribution is 2.40. The minimum absolute atomic E-state index is 0.0426. The molecule has 1 aromatic heterocycles. The van der Waals surface area contributed by atoms with E-state index in [-0.39, 0.29) is 35.0 Å². The number of hydrogen-bond acceptors (Lipinski definition) is 4. The van der Waals surface area contributed by atoms with Gasteiger partial charge in [0.1, 0.15) is 23.7 Å². The summed E-state index contributed by atoms with van der Waals surface area (Å²) in [6.07, 6.45) is 0.625. The van der Waals surface area contributed by atoms with E-state index in [4.69, 9.17) is 11.6 Å². The van der Waals surface area contributed by atoms with Crippen LogP contribution in [-0.2, 0) is 14.4 Å². The molecule has 5 rings (SSSR count). The number of carbonyl (C=O) groups excluding carboxylic acids is 3. The molecule has 2 aliphatic rings. The average molecular weight is 571 g/mol. The highest BCUT2D eigenvalue weighted by molar-refractivity contribution is 6.31. The Morgan fingerprint density at radius 2 is 1.88 bits per heavy atom. The average Bonchev–Trinajstić information content (AvgIpc) is 3.27. The minimum Gasteiger partial charge on any atom is -0.351 e. The van der Waals surface area contributed by atoms with Crippen LogP contribution >= 0.6 is 11.6 Å². The van der Waals surface area contributed by atoms with E-state index in [1.54, 1.807) is 37.3 Å². The zero-order valence-corrected chi connectivity index (χ0v) is 22.2. The fourth-order valence-corrected chi connectivity index (χ4v) is 5.48. The second-order valence-electron chi connectivity index (χ2n) is 10.0. The number of nitrogens with zero attached hydrogens (tertiary/aromatic N) is 3. The molecule has 2 aromatic carbocycles. The molecule has 2 unspecified atom stereocenters. The number of anilines is 2. The Hall–Kier alpha value is -3.92. The number of rotatable bonds is 7. The fraction of sp³-hybridized carbons (Fsp3) is 0.310. The van der Waals surface area contributed by atoms with Gasteiger partial charge < -0.3 is 5.32 Å². The molecule has 40 heavy (non-hydrogen) atoms. The predicted octanol–water partition coefficient (Wildman–Crippen LogP) is 5.37. The van der Waals surface area contributed by atoms with Crippen LogP contribution in [0.25, 0.3) is 0 Å². The Morgan fingerprint density at radius 1 is 1.12 bits per heavy atom. The third kappa shape index (κ3) is 5.40. The van der Waals surface area contributed by atoms with Gasteiger partial charge in [-0.05, 0) is 49.2 Å². The first kappa shape index (κ1) is 27.6. The minimum atomic E-state index is -2.89. The quantitative estimate of drug-likeness (QED) is 0.414. The summed E-state index contributed by atoms with van der Waals surface area (Å²) < 4.78 is 41.7. The maximum absolute atomic E-state index is 14.5. The molecular formula is C29H26ClF3N4O3. The molecule has 2 atom stereocenters. The van der Waals surface area contributed by atoms with Gasteiger partial charge in [0.15, 0.2) is 0 Å². The van der Waals surface area contributed by atoms with E-state index in [0.29, 0.717) is 11.4 Å². The maximum Gasteiger partial charge on any atom is 0.252 e. The molecule has 1 aliphatic heterocycles. The molecule has 0 radical (unpaired) electrons. The number of pyridine rings is 1. The number of nitrogens with one attached hydrogen (secondary N) is 1. The molecule has 208 valence electrons. The van der Waals surface area contributed by atoms with Crippen molar-refractivity contribution in [3.8, 4) is 0 Å². The number of benzene rings is 2. The van der Waals surface area contributed by atoms with Gasteiger partial charge in [-0.1, -0.05) is 41.9 Å². The summed E-state index contributed by atoms with van der Waals surface area (Å²) in [6.45, 7) is 1.76. The first-order valence-electron chi connectivity index (χ1n) is 12.8. The van der Waals surface area contributed by atoms with Gasteiger partial charge in [0.2, 0.25) is 11.8 Å². The smallest absolute Gasteiger partial charge is 0.252 e. The Kier molecular flexibility index (Phi) is 7.55. The molecule has 1 saturated carbocycles. The summed E-state index contributed by atoms with van der Waals surface area (Å²) in [4.78, 5) is 48.0. The number of halogens is 4. The molecule has 2 heterocycles. The lowest BCUT2D eigenvalue weighted by atomic mass is 9.87. The zero-order valence-electron chi connectivity index (χ0n) is 21.5. The van der Waals surface area contributed by atoms with E-state index in [1.165, 1.54) is 35.4 Å². The van der Waals surface area contributed by atoms with Gasteiger partial charge in [-0.2, -0.15) is 0 Å². The fourth-order valence-electron chi connectivity index (χ4n) is 5.24. The van der Waals surface area contributed by atoms with Crippen molar-refractivity contribution < 1.29 is 27.6 Å². The van der Waals surface area contributed by atoms with Crippen LogP contribution in [-0.4, -0.2) is 40.7 Å². The molecule has 0 bridgehead atoms. The molecule has 3 aromatic rings. The van der Waals surface area contributed by atoms with Crippen LogP contribution < -0.4 is 15.1 Å². The summed E-state index contributed by atoms with van der Waals surface area (Å²) in [5, 5.41) is 2.76. The standard InChI is InChI=1S/C29H26ClF3N4O3/c1-17-6-5-13-34-26(17)37-23(11-12-24(37)38)28(40)36(20-8-4-7-18(31)14-20)25(21-9-2-3-10-22(21)30)27(39)35-19-15-29(32,33)16-19/h2-10,13-14,19,23,25H,11-12,15-16H2,1H3,(H,35,39). The van der Waals surface area contributed by atoms with Gasteiger partial charge >= 0.3 is 0 Å². The first-order valence-corrected chi connectivity index (χ1v) is 13.2. The van der Waals surface area contributed by atoms with Crippen molar-refractivity contribution in [2.24, 2.45) is 0 Å². The third-order valence-corrected chi connectivity index (χ3v) is 7.52. The molecule has 1 aliphatic carbocycles. The maximum atomic E-state index is 14.5. The van der Waals surface area contributed by atoms with Crippen molar-refractivity contribution in [3.05, 3.63) is 88.8 Å². The Bertz CT molecular complexity index is 1460. The molecule has 0 spiro atoms. The monoisotopic (exact) mass is 570 g/mol. The zero-order chi connectivity index (χ0) is 28.6. The van der Waals surface area contributed by atoms with Gasteiger partial charge in [0.25, 0.3) is 11.8 Å². The van der Waals surface area contributed by atoms with Gasteiger partial charge in [0.05, 0.1) is 0 Å². The first-order chi connectivity index (χ1) is 19.1. The summed E-state index contributed by atoms with van der Waals surface area (Å²) in [6, 6.07) is 11.6. The van der Waals surface area contributed by atoms with Crippen molar-refractivity contribution in [2.75, 3.05) is 9.80 Å². The summed E-state index contributed by atoms with van der Waals surface area (Å²) in [5.74, 6) is -4.99. The van der Waals surface area contributed by atoms with Crippen molar-refractivity contribution >= 4 is 40.8 Å². The second kappa shape index (κ2) is 10.9. The van der Waals surface area contributed by atoms with Gasteiger partial charge in [-0.15, -0.1) is 0 Å². The third-order valence-electron chi connectivity index (χ3n) is 7.17. The second-order valence-corrected chi connectivity index (χ2v) is 10.5. The van der Waals surface area contributed by atoms with E-state index in [9.17, 15) is 27.6 Å². The normalized spacial score (nSPS) is 19.2. The number of amides is 3. The van der Waals surface area contributed by atoms with E-state index < -0.39 is 54.5 Å². The lowest BCUT2D eigenvalue weighted by Gasteiger charge is -2.39. The van der Waals surface area contributed by atoms with Gasteiger partial charge in [-0.25, -0.2) is 18.2 Å². The van der Waals surface area contributed by atoms with E-state index in [2.05, 4.69) is 10.3 Å². The number of aryl methyl sites for hydroxylation is 1. The van der Waals surface area contributed by atoms with Crippen LogP contribution in [0.2, 0.25) is 5.02 Å². The Morgan fingerprint density at radius 3 is 2.55 bits per heavy atom. The summed E-state index contributed by atoms with van der Waals surface area (Å²) >= 11 is 6.50. The number of hydrogen-bond donors (Lipinski definition) is 1. The van der Waals surface area contributed by atoms with Gasteiger partial charge in [-0.3, -0.25) is 24.2 Å². The molecular weight excluding hydrogens is 545 g/mol. The number of aromatic nitrogens is 1.